The van der Waals surface area contributed by atoms with Crippen molar-refractivity contribution >= 4 is 5.65 Å². The molecule has 2 heterocycles. The molecule has 3 aromatic rings. The number of hydrogen-bond donors (Lipinski definition) is 0. The lowest BCUT2D eigenvalue weighted by Crippen LogP contribution is -2.11. The van der Waals surface area contributed by atoms with Gasteiger partial charge >= 0.3 is 6.18 Å². The third-order valence-corrected chi connectivity index (χ3v) is 2.89. The lowest BCUT2D eigenvalue weighted by Gasteiger charge is -2.06. The molecule has 0 amide bonds. The number of halogens is 3. The number of alkyl halides is 3. The van der Waals surface area contributed by atoms with E-state index in [4.69, 9.17) is 0 Å². The number of aryl methyl sites for hydroxylation is 1. The van der Waals surface area contributed by atoms with Crippen molar-refractivity contribution in [3.05, 3.63) is 48.0 Å². The SMILES string of the molecule is Cc1ccc(-c2cn3c(C(F)(F)F)nnc3cn2)cc1. The molecule has 102 valence electrons. The summed E-state index contributed by atoms with van der Waals surface area (Å²) in [5.41, 5.74) is 2.30. The Morgan fingerprint density at radius 1 is 1.05 bits per heavy atom. The van der Waals surface area contributed by atoms with E-state index in [0.717, 1.165) is 15.5 Å². The third kappa shape index (κ3) is 2.11. The summed E-state index contributed by atoms with van der Waals surface area (Å²) >= 11 is 0. The van der Waals surface area contributed by atoms with Gasteiger partial charge in [0.05, 0.1) is 11.9 Å². The maximum absolute atomic E-state index is 12.8. The zero-order chi connectivity index (χ0) is 14.3. The molecular weight excluding hydrogens is 269 g/mol. The molecule has 0 aliphatic carbocycles. The Morgan fingerprint density at radius 2 is 1.75 bits per heavy atom. The molecule has 4 nitrogen and oxygen atoms in total. The van der Waals surface area contributed by atoms with Gasteiger partial charge in [-0.1, -0.05) is 29.8 Å². The second-order valence-corrected chi connectivity index (χ2v) is 4.39. The number of fused-ring (bicyclic) bond motifs is 1. The van der Waals surface area contributed by atoms with Crippen LogP contribution >= 0.6 is 0 Å². The Morgan fingerprint density at radius 3 is 2.40 bits per heavy atom. The van der Waals surface area contributed by atoms with E-state index in [1.807, 2.05) is 19.1 Å². The van der Waals surface area contributed by atoms with Crippen LogP contribution in [0, 0.1) is 6.92 Å². The fourth-order valence-corrected chi connectivity index (χ4v) is 1.87. The maximum atomic E-state index is 12.8. The molecule has 20 heavy (non-hydrogen) atoms. The van der Waals surface area contributed by atoms with Crippen molar-refractivity contribution in [2.75, 3.05) is 0 Å². The van der Waals surface area contributed by atoms with Crippen molar-refractivity contribution in [1.82, 2.24) is 19.6 Å². The second-order valence-electron chi connectivity index (χ2n) is 4.39. The minimum absolute atomic E-state index is 0.0631. The Balaban J connectivity index is 2.16. The first-order valence-electron chi connectivity index (χ1n) is 5.80. The van der Waals surface area contributed by atoms with E-state index >= 15 is 0 Å². The van der Waals surface area contributed by atoms with Gasteiger partial charge in [-0.3, -0.25) is 9.38 Å². The largest absolute Gasteiger partial charge is 0.452 e. The molecule has 0 spiro atoms. The van der Waals surface area contributed by atoms with Gasteiger partial charge in [0.25, 0.3) is 0 Å². The standard InChI is InChI=1S/C13H9F3N4/c1-8-2-4-9(5-3-8)10-7-20-11(6-17-10)18-19-12(20)13(14,15)16/h2-7H,1H3. The van der Waals surface area contributed by atoms with Gasteiger partial charge in [0.1, 0.15) is 0 Å². The van der Waals surface area contributed by atoms with Crippen LogP contribution in [0.25, 0.3) is 16.9 Å². The van der Waals surface area contributed by atoms with Gasteiger partial charge in [0.2, 0.25) is 5.82 Å². The predicted octanol–water partition coefficient (Wildman–Crippen LogP) is 3.12. The normalized spacial score (nSPS) is 12.0. The number of hydrogen-bond acceptors (Lipinski definition) is 3. The quantitative estimate of drug-likeness (QED) is 0.687. The van der Waals surface area contributed by atoms with Crippen LogP contribution in [0.4, 0.5) is 13.2 Å². The van der Waals surface area contributed by atoms with Crippen LogP contribution in [0.2, 0.25) is 0 Å². The molecule has 3 rings (SSSR count). The van der Waals surface area contributed by atoms with Gasteiger partial charge in [-0.2, -0.15) is 13.2 Å². The molecular formula is C13H9F3N4. The predicted molar refractivity (Wildman–Crippen MR) is 66.0 cm³/mol. The zero-order valence-corrected chi connectivity index (χ0v) is 10.4. The molecule has 0 unspecified atom stereocenters. The first kappa shape index (κ1) is 12.6. The fourth-order valence-electron chi connectivity index (χ4n) is 1.87. The van der Waals surface area contributed by atoms with Crippen LogP contribution in [0.5, 0.6) is 0 Å². The minimum Gasteiger partial charge on any atom is -0.275 e. The van der Waals surface area contributed by atoms with Gasteiger partial charge in [0.15, 0.2) is 5.65 Å². The van der Waals surface area contributed by atoms with E-state index in [-0.39, 0.29) is 5.65 Å². The van der Waals surface area contributed by atoms with E-state index in [1.54, 1.807) is 12.1 Å². The van der Waals surface area contributed by atoms with Crippen molar-refractivity contribution in [3.63, 3.8) is 0 Å². The van der Waals surface area contributed by atoms with E-state index in [9.17, 15) is 13.2 Å². The van der Waals surface area contributed by atoms with Crippen LogP contribution < -0.4 is 0 Å². The zero-order valence-electron chi connectivity index (χ0n) is 10.4. The van der Waals surface area contributed by atoms with Crippen molar-refractivity contribution in [2.24, 2.45) is 0 Å². The summed E-state index contributed by atoms with van der Waals surface area (Å²) in [5, 5.41) is 6.63. The monoisotopic (exact) mass is 278 g/mol. The van der Waals surface area contributed by atoms with Crippen LogP contribution in [0.1, 0.15) is 11.4 Å². The fraction of sp³-hybridized carbons (Fsp3) is 0.154. The van der Waals surface area contributed by atoms with Crippen LogP contribution in [0.15, 0.2) is 36.7 Å². The topological polar surface area (TPSA) is 43.1 Å². The van der Waals surface area contributed by atoms with Gasteiger partial charge in [-0.15, -0.1) is 10.2 Å². The molecule has 2 aromatic heterocycles. The molecule has 0 aliphatic rings. The van der Waals surface area contributed by atoms with Crippen molar-refractivity contribution < 1.29 is 13.2 Å². The van der Waals surface area contributed by atoms with Crippen molar-refractivity contribution in [3.8, 4) is 11.3 Å². The van der Waals surface area contributed by atoms with Crippen LogP contribution in [-0.4, -0.2) is 19.6 Å². The molecule has 0 saturated carbocycles. The third-order valence-electron chi connectivity index (χ3n) is 2.89. The summed E-state index contributed by atoms with van der Waals surface area (Å²) in [5.74, 6) is -1.05. The minimum atomic E-state index is -4.55. The Kier molecular flexibility index (Phi) is 2.70. The average Bonchev–Trinajstić information content (AvgIpc) is 2.82. The Labute approximate surface area is 111 Å². The molecule has 0 fully saturated rings. The van der Waals surface area contributed by atoms with Gasteiger partial charge in [0, 0.05) is 11.8 Å². The van der Waals surface area contributed by atoms with Gasteiger partial charge in [-0.25, -0.2) is 0 Å². The highest BCUT2D eigenvalue weighted by atomic mass is 19.4. The maximum Gasteiger partial charge on any atom is 0.452 e. The number of benzene rings is 1. The highest BCUT2D eigenvalue weighted by Gasteiger charge is 2.37. The average molecular weight is 278 g/mol. The van der Waals surface area contributed by atoms with Crippen LogP contribution in [-0.2, 0) is 6.18 Å². The van der Waals surface area contributed by atoms with E-state index in [1.165, 1.54) is 12.4 Å². The summed E-state index contributed by atoms with van der Waals surface area (Å²) in [7, 11) is 0. The summed E-state index contributed by atoms with van der Waals surface area (Å²) < 4.78 is 39.3. The number of aromatic nitrogens is 4. The Hall–Kier alpha value is -2.44. The molecule has 0 saturated heterocycles. The highest BCUT2D eigenvalue weighted by Crippen LogP contribution is 2.28. The van der Waals surface area contributed by atoms with Crippen LogP contribution in [0.3, 0.4) is 0 Å². The first-order valence-corrected chi connectivity index (χ1v) is 5.80. The molecule has 1 aromatic carbocycles. The Bertz CT molecular complexity index is 759. The molecule has 0 aliphatic heterocycles. The number of rotatable bonds is 1. The molecule has 0 radical (unpaired) electrons. The molecule has 0 atom stereocenters. The van der Waals surface area contributed by atoms with E-state index in [0.29, 0.717) is 5.69 Å². The first-order chi connectivity index (χ1) is 9.45. The van der Waals surface area contributed by atoms with Gasteiger partial charge < -0.3 is 0 Å². The molecule has 0 bridgehead atoms. The lowest BCUT2D eigenvalue weighted by molar-refractivity contribution is -0.145. The smallest absolute Gasteiger partial charge is 0.275 e. The summed E-state index contributed by atoms with van der Waals surface area (Å²) in [6, 6.07) is 7.36. The number of nitrogens with zero attached hydrogens (tertiary/aromatic N) is 4. The van der Waals surface area contributed by atoms with Gasteiger partial charge in [-0.05, 0) is 6.92 Å². The summed E-state index contributed by atoms with van der Waals surface area (Å²) in [6.07, 6.45) is -1.98. The lowest BCUT2D eigenvalue weighted by atomic mass is 10.1. The molecule has 7 heteroatoms. The van der Waals surface area contributed by atoms with E-state index < -0.39 is 12.0 Å². The van der Waals surface area contributed by atoms with Crippen molar-refractivity contribution in [2.45, 2.75) is 13.1 Å². The van der Waals surface area contributed by atoms with E-state index in [2.05, 4.69) is 15.2 Å². The molecule has 0 N–H and O–H groups in total. The highest BCUT2D eigenvalue weighted by molar-refractivity contribution is 5.60. The second kappa shape index (κ2) is 4.29. The summed E-state index contributed by atoms with van der Waals surface area (Å²) in [6.45, 7) is 1.93. The van der Waals surface area contributed by atoms with Crippen molar-refractivity contribution in [1.29, 1.82) is 0 Å². The summed E-state index contributed by atoms with van der Waals surface area (Å²) in [4.78, 5) is 4.11.